The van der Waals surface area contributed by atoms with E-state index in [0.29, 0.717) is 42.1 Å². The second-order valence-corrected chi connectivity index (χ2v) is 7.28. The number of nitrogens with zero attached hydrogens (tertiary/aromatic N) is 3. The minimum absolute atomic E-state index is 0.0109. The van der Waals surface area contributed by atoms with Crippen LogP contribution < -0.4 is 14.2 Å². The molecular formula is C22H21N3O5. The molecule has 5 rings (SSSR count). The lowest BCUT2D eigenvalue weighted by atomic mass is 9.97. The average Bonchev–Trinajstić information content (AvgIpc) is 3.48. The van der Waals surface area contributed by atoms with Gasteiger partial charge in [0, 0.05) is 30.6 Å². The van der Waals surface area contributed by atoms with Gasteiger partial charge < -0.3 is 23.6 Å². The molecule has 2 aliphatic heterocycles. The number of aromatic nitrogens is 2. The van der Waals surface area contributed by atoms with Gasteiger partial charge in [-0.05, 0) is 25.0 Å². The first kappa shape index (κ1) is 18.5. The van der Waals surface area contributed by atoms with Gasteiger partial charge in [0.05, 0.1) is 0 Å². The van der Waals surface area contributed by atoms with Crippen LogP contribution in [0.1, 0.15) is 24.7 Å². The van der Waals surface area contributed by atoms with Crippen LogP contribution in [-0.4, -0.2) is 47.4 Å². The molecule has 1 saturated heterocycles. The zero-order valence-electron chi connectivity index (χ0n) is 16.3. The molecule has 0 aliphatic carbocycles. The van der Waals surface area contributed by atoms with Gasteiger partial charge in [-0.25, -0.2) is 0 Å². The van der Waals surface area contributed by atoms with Crippen LogP contribution in [-0.2, 0) is 4.79 Å². The molecule has 1 fully saturated rings. The molecule has 0 spiro atoms. The largest absolute Gasteiger partial charge is 0.484 e. The van der Waals surface area contributed by atoms with E-state index in [-0.39, 0.29) is 25.2 Å². The zero-order chi connectivity index (χ0) is 20.3. The van der Waals surface area contributed by atoms with Gasteiger partial charge >= 0.3 is 0 Å². The fraction of sp³-hybridized carbons (Fsp3) is 0.318. The summed E-state index contributed by atoms with van der Waals surface area (Å²) in [7, 11) is 0. The van der Waals surface area contributed by atoms with Crippen LogP contribution in [0.4, 0.5) is 0 Å². The minimum Gasteiger partial charge on any atom is -0.484 e. The Morgan fingerprint density at radius 1 is 1.07 bits per heavy atom. The van der Waals surface area contributed by atoms with Crippen molar-refractivity contribution < 1.29 is 23.5 Å². The van der Waals surface area contributed by atoms with Crippen molar-refractivity contribution in [2.45, 2.75) is 18.8 Å². The maximum Gasteiger partial charge on any atom is 0.260 e. The van der Waals surface area contributed by atoms with E-state index in [1.165, 1.54) is 0 Å². The fourth-order valence-corrected chi connectivity index (χ4v) is 3.68. The molecule has 0 saturated carbocycles. The summed E-state index contributed by atoms with van der Waals surface area (Å²) in [4.78, 5) is 18.9. The quantitative estimate of drug-likeness (QED) is 0.642. The number of likely N-dealkylation sites (tertiary alicyclic amines) is 1. The van der Waals surface area contributed by atoms with Gasteiger partial charge in [-0.1, -0.05) is 35.5 Å². The number of carbonyl (C=O) groups is 1. The minimum atomic E-state index is -0.0402. The van der Waals surface area contributed by atoms with Gasteiger partial charge in [-0.2, -0.15) is 4.98 Å². The van der Waals surface area contributed by atoms with E-state index in [2.05, 4.69) is 10.1 Å². The Labute approximate surface area is 173 Å². The third kappa shape index (κ3) is 3.80. The number of rotatable bonds is 5. The first-order valence-corrected chi connectivity index (χ1v) is 9.95. The summed E-state index contributed by atoms with van der Waals surface area (Å²) in [5.41, 5.74) is 0.931. The van der Waals surface area contributed by atoms with Crippen LogP contribution in [0.2, 0.25) is 0 Å². The standard InChI is InChI=1S/C22H21N3O5/c26-20(13-27-17-6-7-18-19(12-17)29-14-28-18)25-10-8-16(9-11-25)22-23-21(24-30-22)15-4-2-1-3-5-15/h1-7,12,16H,8-11,13-14H2. The molecule has 8 heteroatoms. The number of fused-ring (bicyclic) bond motifs is 1. The van der Waals surface area contributed by atoms with E-state index in [1.807, 2.05) is 35.2 Å². The molecule has 8 nitrogen and oxygen atoms in total. The van der Waals surface area contributed by atoms with Crippen molar-refractivity contribution in [3.05, 3.63) is 54.4 Å². The van der Waals surface area contributed by atoms with Crippen molar-refractivity contribution in [1.82, 2.24) is 15.0 Å². The van der Waals surface area contributed by atoms with E-state index in [4.69, 9.17) is 18.7 Å². The molecular weight excluding hydrogens is 386 g/mol. The van der Waals surface area contributed by atoms with Crippen LogP contribution in [0.25, 0.3) is 11.4 Å². The van der Waals surface area contributed by atoms with Gasteiger partial charge in [0.1, 0.15) is 5.75 Å². The summed E-state index contributed by atoms with van der Waals surface area (Å²) in [6.45, 7) is 1.47. The Morgan fingerprint density at radius 3 is 2.70 bits per heavy atom. The van der Waals surface area contributed by atoms with E-state index in [0.717, 1.165) is 18.4 Å². The Bertz CT molecular complexity index is 1030. The molecule has 154 valence electrons. The first-order valence-electron chi connectivity index (χ1n) is 9.95. The number of amides is 1. The number of hydrogen-bond donors (Lipinski definition) is 0. The van der Waals surface area contributed by atoms with Gasteiger partial charge in [-0.3, -0.25) is 4.79 Å². The lowest BCUT2D eigenvalue weighted by molar-refractivity contribution is -0.134. The molecule has 1 amide bonds. The van der Waals surface area contributed by atoms with Crippen LogP contribution >= 0.6 is 0 Å². The number of hydrogen-bond acceptors (Lipinski definition) is 7. The fourth-order valence-electron chi connectivity index (χ4n) is 3.68. The van der Waals surface area contributed by atoms with Crippen LogP contribution in [0, 0.1) is 0 Å². The molecule has 3 heterocycles. The summed E-state index contributed by atoms with van der Waals surface area (Å²) in [6.07, 6.45) is 1.57. The van der Waals surface area contributed by atoms with Crippen molar-refractivity contribution in [2.24, 2.45) is 0 Å². The second-order valence-electron chi connectivity index (χ2n) is 7.28. The predicted octanol–water partition coefficient (Wildman–Crippen LogP) is 3.25. The average molecular weight is 407 g/mol. The van der Waals surface area contributed by atoms with Crippen molar-refractivity contribution in [3.8, 4) is 28.6 Å². The highest BCUT2D eigenvalue weighted by Gasteiger charge is 2.28. The Balaban J connectivity index is 1.13. The van der Waals surface area contributed by atoms with E-state index >= 15 is 0 Å². The SMILES string of the molecule is O=C(COc1ccc2c(c1)OCO2)N1CCC(c2nc(-c3ccccc3)no2)CC1. The second kappa shape index (κ2) is 8.06. The van der Waals surface area contributed by atoms with Gasteiger partial charge in [0.25, 0.3) is 5.91 Å². The summed E-state index contributed by atoms with van der Waals surface area (Å²) >= 11 is 0. The summed E-state index contributed by atoms with van der Waals surface area (Å²) in [5, 5.41) is 4.10. The predicted molar refractivity (Wildman–Crippen MR) is 106 cm³/mol. The Morgan fingerprint density at radius 2 is 1.87 bits per heavy atom. The number of piperidine rings is 1. The third-order valence-electron chi connectivity index (χ3n) is 5.38. The normalized spacial score (nSPS) is 15.9. The molecule has 1 aromatic heterocycles. The van der Waals surface area contributed by atoms with E-state index < -0.39 is 0 Å². The maximum absolute atomic E-state index is 12.5. The molecule has 0 atom stereocenters. The monoisotopic (exact) mass is 407 g/mol. The smallest absolute Gasteiger partial charge is 0.260 e. The number of benzene rings is 2. The molecule has 3 aromatic rings. The molecule has 30 heavy (non-hydrogen) atoms. The van der Waals surface area contributed by atoms with Crippen molar-refractivity contribution in [2.75, 3.05) is 26.5 Å². The highest BCUT2D eigenvalue weighted by Crippen LogP contribution is 2.35. The topological polar surface area (TPSA) is 86.9 Å². The Hall–Kier alpha value is -3.55. The Kier molecular flexibility index (Phi) is 4.96. The summed E-state index contributed by atoms with van der Waals surface area (Å²) in [6, 6.07) is 15.0. The number of carbonyl (C=O) groups excluding carboxylic acids is 1. The summed E-state index contributed by atoms with van der Waals surface area (Å²) in [5.74, 6) is 3.26. The molecule has 2 aromatic carbocycles. The first-order chi connectivity index (χ1) is 14.8. The summed E-state index contributed by atoms with van der Waals surface area (Å²) < 4.78 is 21.7. The van der Waals surface area contributed by atoms with Crippen LogP contribution in [0.5, 0.6) is 17.2 Å². The highest BCUT2D eigenvalue weighted by molar-refractivity contribution is 5.78. The molecule has 0 unspecified atom stereocenters. The van der Waals surface area contributed by atoms with Gasteiger partial charge in [0.2, 0.25) is 18.5 Å². The lowest BCUT2D eigenvalue weighted by Gasteiger charge is -2.30. The van der Waals surface area contributed by atoms with Crippen molar-refractivity contribution >= 4 is 5.91 Å². The maximum atomic E-state index is 12.5. The lowest BCUT2D eigenvalue weighted by Crippen LogP contribution is -2.40. The molecule has 0 radical (unpaired) electrons. The van der Waals surface area contributed by atoms with Crippen LogP contribution in [0.3, 0.4) is 0 Å². The molecule has 0 bridgehead atoms. The van der Waals surface area contributed by atoms with Crippen molar-refractivity contribution in [3.63, 3.8) is 0 Å². The zero-order valence-corrected chi connectivity index (χ0v) is 16.3. The molecule has 2 aliphatic rings. The number of ether oxygens (including phenoxy) is 3. The molecule has 0 N–H and O–H groups in total. The van der Waals surface area contributed by atoms with Crippen molar-refractivity contribution in [1.29, 1.82) is 0 Å². The van der Waals surface area contributed by atoms with E-state index in [1.54, 1.807) is 18.2 Å². The van der Waals surface area contributed by atoms with E-state index in [9.17, 15) is 4.79 Å². The third-order valence-corrected chi connectivity index (χ3v) is 5.38. The van der Waals surface area contributed by atoms with Gasteiger partial charge in [0.15, 0.2) is 18.1 Å². The van der Waals surface area contributed by atoms with Crippen LogP contribution in [0.15, 0.2) is 53.1 Å². The van der Waals surface area contributed by atoms with Gasteiger partial charge in [-0.15, -0.1) is 0 Å². The highest BCUT2D eigenvalue weighted by atomic mass is 16.7.